The zero-order valence-corrected chi connectivity index (χ0v) is 17.2. The molecule has 0 radical (unpaired) electrons. The van der Waals surface area contributed by atoms with E-state index in [-0.39, 0.29) is 42.5 Å². The number of aryl methyl sites for hydroxylation is 2. The molecule has 0 aromatic carbocycles. The molecule has 8 nitrogen and oxygen atoms in total. The van der Waals surface area contributed by atoms with E-state index in [9.17, 15) is 4.79 Å². The van der Waals surface area contributed by atoms with Crippen LogP contribution in [-0.2, 0) is 17.8 Å². The van der Waals surface area contributed by atoms with Crippen LogP contribution in [-0.4, -0.2) is 64.8 Å². The molecule has 2 rings (SSSR count). The molecule has 1 unspecified atom stereocenters. The van der Waals surface area contributed by atoms with Crippen LogP contribution in [0.25, 0.3) is 0 Å². The molecule has 0 saturated heterocycles. The Bertz CT molecular complexity index is 570. The number of guanidine groups is 1. The summed E-state index contributed by atoms with van der Waals surface area (Å²) >= 11 is 0. The van der Waals surface area contributed by atoms with Crippen LogP contribution >= 0.6 is 24.0 Å². The van der Waals surface area contributed by atoms with Crippen molar-refractivity contribution in [3.05, 3.63) is 11.6 Å². The Balaban J connectivity index is 0.00000288. The molecule has 24 heavy (non-hydrogen) atoms. The van der Waals surface area contributed by atoms with Gasteiger partial charge in [0.2, 0.25) is 5.91 Å². The fourth-order valence-electron chi connectivity index (χ4n) is 2.43. The molecule has 0 fully saturated rings. The number of nitrogens with zero attached hydrogens (tertiary/aromatic N) is 5. The van der Waals surface area contributed by atoms with E-state index in [1.807, 2.05) is 11.6 Å². The molecule has 0 bridgehead atoms. The first-order valence-electron chi connectivity index (χ1n) is 8.15. The maximum absolute atomic E-state index is 11.7. The predicted octanol–water partition coefficient (Wildman–Crippen LogP) is 0.553. The van der Waals surface area contributed by atoms with Gasteiger partial charge >= 0.3 is 0 Å². The van der Waals surface area contributed by atoms with E-state index >= 15 is 0 Å². The molecule has 1 aliphatic heterocycles. The average molecular weight is 449 g/mol. The van der Waals surface area contributed by atoms with Gasteiger partial charge in [-0.3, -0.25) is 4.79 Å². The highest BCUT2D eigenvalue weighted by Crippen LogP contribution is 2.12. The summed E-state index contributed by atoms with van der Waals surface area (Å²) in [6, 6.07) is 0.237. The van der Waals surface area contributed by atoms with Gasteiger partial charge in [0.05, 0.1) is 6.54 Å². The van der Waals surface area contributed by atoms with Crippen LogP contribution in [0.5, 0.6) is 0 Å². The quantitative estimate of drug-likeness (QED) is 0.390. The molecule has 1 amide bonds. The number of aromatic nitrogens is 3. The maximum Gasteiger partial charge on any atom is 0.243 e. The van der Waals surface area contributed by atoms with Crippen molar-refractivity contribution < 1.29 is 4.79 Å². The van der Waals surface area contributed by atoms with Crippen molar-refractivity contribution >= 4 is 35.8 Å². The molecule has 1 aliphatic rings. The molecule has 2 heterocycles. The fraction of sp³-hybridized carbons (Fsp3) is 0.733. The first-order valence-corrected chi connectivity index (χ1v) is 8.15. The Kier molecular flexibility index (Phi) is 8.43. The molecule has 0 saturated carbocycles. The van der Waals surface area contributed by atoms with Crippen molar-refractivity contribution in [3.8, 4) is 0 Å². The fourth-order valence-corrected chi connectivity index (χ4v) is 2.43. The van der Waals surface area contributed by atoms with Crippen molar-refractivity contribution in [2.24, 2.45) is 4.99 Å². The molecular weight excluding hydrogens is 421 g/mol. The molecular formula is C15H28IN7O. The van der Waals surface area contributed by atoms with Gasteiger partial charge in [0, 0.05) is 33.1 Å². The summed E-state index contributed by atoms with van der Waals surface area (Å²) in [5, 5.41) is 11.1. The van der Waals surface area contributed by atoms with Crippen molar-refractivity contribution in [3.63, 3.8) is 0 Å². The summed E-state index contributed by atoms with van der Waals surface area (Å²) < 4.78 is 1.96. The van der Waals surface area contributed by atoms with Gasteiger partial charge in [-0.15, -0.1) is 24.0 Å². The Morgan fingerprint density at radius 1 is 1.46 bits per heavy atom. The number of carbonyl (C=O) groups is 1. The number of nitrogens with one attached hydrogen (secondary N) is 2. The molecule has 9 heteroatoms. The molecule has 136 valence electrons. The zero-order valence-electron chi connectivity index (χ0n) is 14.9. The minimum Gasteiger partial charge on any atom is -0.356 e. The number of fused-ring (bicyclic) bond motifs is 1. The number of carbonyl (C=O) groups excluding carboxylic acids is 1. The lowest BCUT2D eigenvalue weighted by molar-refractivity contribution is -0.127. The molecule has 1 atom stereocenters. The van der Waals surface area contributed by atoms with Gasteiger partial charge in [0.25, 0.3) is 0 Å². The summed E-state index contributed by atoms with van der Waals surface area (Å²) in [6.07, 6.45) is 2.88. The van der Waals surface area contributed by atoms with Crippen LogP contribution in [0.15, 0.2) is 4.99 Å². The van der Waals surface area contributed by atoms with E-state index in [2.05, 4.69) is 32.6 Å². The molecule has 2 N–H and O–H groups in total. The van der Waals surface area contributed by atoms with Gasteiger partial charge in [0.15, 0.2) is 5.96 Å². The minimum absolute atomic E-state index is 0. The van der Waals surface area contributed by atoms with E-state index < -0.39 is 0 Å². The maximum atomic E-state index is 11.7. The van der Waals surface area contributed by atoms with Crippen LogP contribution in [0.4, 0.5) is 0 Å². The normalized spacial score (nSPS) is 16.8. The number of rotatable bonds is 5. The third-order valence-corrected chi connectivity index (χ3v) is 3.72. The number of amides is 1. The second-order valence-electron chi connectivity index (χ2n) is 6.02. The van der Waals surface area contributed by atoms with Crippen LogP contribution in [0.2, 0.25) is 0 Å². The molecule has 0 aliphatic carbocycles. The molecule has 1 aromatic rings. The summed E-state index contributed by atoms with van der Waals surface area (Å²) in [5.74, 6) is 2.53. The Hall–Kier alpha value is -1.39. The number of halogens is 1. The minimum atomic E-state index is -0.0135. The third kappa shape index (κ3) is 5.91. The largest absolute Gasteiger partial charge is 0.356 e. The van der Waals surface area contributed by atoms with Crippen molar-refractivity contribution in [2.45, 2.75) is 45.7 Å². The van der Waals surface area contributed by atoms with Gasteiger partial charge in [-0.1, -0.05) is 6.92 Å². The van der Waals surface area contributed by atoms with Gasteiger partial charge in [-0.2, -0.15) is 5.10 Å². The standard InChI is InChI=1S/C15H27N7O.HI/c1-5-8-16-15(17-9-14(23)21(3)4)19-12-6-7-13-18-11(2)20-22(13)10-12;/h12H,5-10H2,1-4H3,(H2,16,17,19);1H. The monoisotopic (exact) mass is 449 g/mol. The lowest BCUT2D eigenvalue weighted by atomic mass is 10.1. The van der Waals surface area contributed by atoms with Crippen LogP contribution in [0.1, 0.15) is 31.4 Å². The number of hydrogen-bond donors (Lipinski definition) is 2. The van der Waals surface area contributed by atoms with E-state index in [1.54, 1.807) is 19.0 Å². The molecule has 0 spiro atoms. The van der Waals surface area contributed by atoms with Crippen LogP contribution < -0.4 is 10.6 Å². The third-order valence-electron chi connectivity index (χ3n) is 3.72. The lowest BCUT2D eigenvalue weighted by Crippen LogP contribution is -2.47. The van der Waals surface area contributed by atoms with E-state index in [1.165, 1.54) is 0 Å². The van der Waals surface area contributed by atoms with Crippen LogP contribution in [0.3, 0.4) is 0 Å². The Labute approximate surface area is 160 Å². The first kappa shape index (κ1) is 20.7. The smallest absolute Gasteiger partial charge is 0.243 e. The van der Waals surface area contributed by atoms with Crippen LogP contribution in [0, 0.1) is 6.92 Å². The summed E-state index contributed by atoms with van der Waals surface area (Å²) in [7, 11) is 3.47. The topological polar surface area (TPSA) is 87.4 Å². The summed E-state index contributed by atoms with van der Waals surface area (Å²) in [4.78, 5) is 22.1. The predicted molar refractivity (Wildman–Crippen MR) is 105 cm³/mol. The second kappa shape index (κ2) is 9.80. The lowest BCUT2D eigenvalue weighted by Gasteiger charge is -2.25. The highest BCUT2D eigenvalue weighted by Gasteiger charge is 2.21. The zero-order chi connectivity index (χ0) is 16.8. The SMILES string of the molecule is CCCNC(=NCC(=O)N(C)C)NC1CCc2nc(C)nn2C1.I. The number of aliphatic imine (C=N–C) groups is 1. The van der Waals surface area contributed by atoms with Gasteiger partial charge in [-0.25, -0.2) is 14.7 Å². The van der Waals surface area contributed by atoms with Crippen molar-refractivity contribution in [1.29, 1.82) is 0 Å². The second-order valence-corrected chi connectivity index (χ2v) is 6.02. The summed E-state index contributed by atoms with van der Waals surface area (Å²) in [5.41, 5.74) is 0. The highest BCUT2D eigenvalue weighted by atomic mass is 127. The van der Waals surface area contributed by atoms with Gasteiger partial charge in [0.1, 0.15) is 18.2 Å². The number of hydrogen-bond acceptors (Lipinski definition) is 4. The van der Waals surface area contributed by atoms with E-state index in [0.29, 0.717) is 5.96 Å². The number of likely N-dealkylation sites (N-methyl/N-ethyl adjacent to an activating group) is 1. The van der Waals surface area contributed by atoms with Crippen molar-refractivity contribution in [1.82, 2.24) is 30.3 Å². The van der Waals surface area contributed by atoms with Gasteiger partial charge in [-0.05, 0) is 19.8 Å². The van der Waals surface area contributed by atoms with Gasteiger partial charge < -0.3 is 15.5 Å². The highest BCUT2D eigenvalue weighted by molar-refractivity contribution is 14.0. The molecule has 1 aromatic heterocycles. The Morgan fingerprint density at radius 2 is 2.21 bits per heavy atom. The van der Waals surface area contributed by atoms with Crippen molar-refractivity contribution in [2.75, 3.05) is 27.2 Å². The van der Waals surface area contributed by atoms with E-state index in [0.717, 1.165) is 44.0 Å². The first-order chi connectivity index (χ1) is 11.0. The Morgan fingerprint density at radius 3 is 2.88 bits per heavy atom. The van der Waals surface area contributed by atoms with E-state index in [4.69, 9.17) is 0 Å². The average Bonchev–Trinajstić information content (AvgIpc) is 2.88. The summed E-state index contributed by atoms with van der Waals surface area (Å²) in [6.45, 7) is 5.75.